The van der Waals surface area contributed by atoms with Crippen molar-refractivity contribution in [2.45, 2.75) is 19.3 Å². The zero-order valence-corrected chi connectivity index (χ0v) is 9.97. The van der Waals surface area contributed by atoms with E-state index in [0.717, 1.165) is 5.56 Å². The first kappa shape index (κ1) is 13.0. The van der Waals surface area contributed by atoms with Crippen LogP contribution in [-0.2, 0) is 9.53 Å². The lowest BCUT2D eigenvalue weighted by Gasteiger charge is -2.10. The lowest BCUT2D eigenvalue weighted by Crippen LogP contribution is -2.09. The molecule has 0 aliphatic rings. The first-order chi connectivity index (χ1) is 8.21. The Labute approximate surface area is 101 Å². The fourth-order valence-electron chi connectivity index (χ4n) is 1.48. The molecule has 4 heteroatoms. The van der Waals surface area contributed by atoms with Crippen LogP contribution in [0, 0.1) is 11.3 Å². The van der Waals surface area contributed by atoms with Gasteiger partial charge in [0.1, 0.15) is 5.75 Å². The standard InChI is InChI=1S/C13H15NO3/c1-3-17-13(15)8-11(9-14)10-5-4-6-12(7-10)16-2/h4-7,11H,3,8H2,1-2H3/t11-/m0/s1. The second-order valence-electron chi connectivity index (χ2n) is 3.47. The van der Waals surface area contributed by atoms with E-state index in [9.17, 15) is 4.79 Å². The molecule has 1 atom stereocenters. The Hall–Kier alpha value is -2.02. The number of hydrogen-bond acceptors (Lipinski definition) is 4. The zero-order valence-electron chi connectivity index (χ0n) is 9.97. The second kappa shape index (κ2) is 6.54. The van der Waals surface area contributed by atoms with Crippen molar-refractivity contribution in [3.8, 4) is 11.8 Å². The van der Waals surface area contributed by atoms with Crippen LogP contribution < -0.4 is 4.74 Å². The van der Waals surface area contributed by atoms with Gasteiger partial charge in [-0.3, -0.25) is 4.79 Å². The Morgan fingerprint density at radius 2 is 2.29 bits per heavy atom. The summed E-state index contributed by atoms with van der Waals surface area (Å²) in [5, 5.41) is 9.06. The molecule has 1 aromatic rings. The van der Waals surface area contributed by atoms with Crippen LogP contribution in [0.1, 0.15) is 24.8 Å². The number of rotatable bonds is 5. The monoisotopic (exact) mass is 233 g/mol. The van der Waals surface area contributed by atoms with Gasteiger partial charge in [0.05, 0.1) is 32.1 Å². The van der Waals surface area contributed by atoms with Crippen molar-refractivity contribution in [3.05, 3.63) is 29.8 Å². The molecule has 0 fully saturated rings. The third-order valence-electron chi connectivity index (χ3n) is 2.33. The second-order valence-corrected chi connectivity index (χ2v) is 3.47. The summed E-state index contributed by atoms with van der Waals surface area (Å²) in [6.45, 7) is 2.07. The molecular weight excluding hydrogens is 218 g/mol. The predicted octanol–water partition coefficient (Wildman–Crippen LogP) is 2.26. The van der Waals surface area contributed by atoms with Gasteiger partial charge in [0, 0.05) is 0 Å². The molecule has 17 heavy (non-hydrogen) atoms. The topological polar surface area (TPSA) is 59.3 Å². The average Bonchev–Trinajstić information content (AvgIpc) is 2.36. The summed E-state index contributed by atoms with van der Waals surface area (Å²) in [6.07, 6.45) is 0.0670. The van der Waals surface area contributed by atoms with Crippen molar-refractivity contribution in [1.29, 1.82) is 5.26 Å². The maximum absolute atomic E-state index is 11.3. The molecule has 0 radical (unpaired) electrons. The lowest BCUT2D eigenvalue weighted by atomic mass is 9.97. The van der Waals surface area contributed by atoms with Crippen LogP contribution in [0.5, 0.6) is 5.75 Å². The van der Waals surface area contributed by atoms with Gasteiger partial charge < -0.3 is 9.47 Å². The minimum absolute atomic E-state index is 0.0670. The van der Waals surface area contributed by atoms with Crippen molar-refractivity contribution in [1.82, 2.24) is 0 Å². The quantitative estimate of drug-likeness (QED) is 0.732. The highest BCUT2D eigenvalue weighted by molar-refractivity contribution is 5.71. The molecule has 4 nitrogen and oxygen atoms in total. The first-order valence-electron chi connectivity index (χ1n) is 5.40. The van der Waals surface area contributed by atoms with Crippen molar-refractivity contribution in [2.75, 3.05) is 13.7 Å². The van der Waals surface area contributed by atoms with Crippen LogP contribution in [-0.4, -0.2) is 19.7 Å². The van der Waals surface area contributed by atoms with Crippen LogP contribution in [0.4, 0.5) is 0 Å². The highest BCUT2D eigenvalue weighted by atomic mass is 16.5. The largest absolute Gasteiger partial charge is 0.497 e. The molecule has 0 aromatic heterocycles. The van der Waals surface area contributed by atoms with Crippen molar-refractivity contribution < 1.29 is 14.3 Å². The van der Waals surface area contributed by atoms with Gasteiger partial charge in [-0.1, -0.05) is 12.1 Å². The number of hydrogen-bond donors (Lipinski definition) is 0. The molecule has 0 saturated heterocycles. The van der Waals surface area contributed by atoms with Gasteiger partial charge >= 0.3 is 5.97 Å². The van der Waals surface area contributed by atoms with Gasteiger partial charge in [0.15, 0.2) is 0 Å². The Bertz CT molecular complexity index is 423. The van der Waals surface area contributed by atoms with Crippen molar-refractivity contribution in [3.63, 3.8) is 0 Å². The SMILES string of the molecule is CCOC(=O)C[C@@H](C#N)c1cccc(OC)c1. The minimum Gasteiger partial charge on any atom is -0.497 e. The molecule has 0 heterocycles. The van der Waals surface area contributed by atoms with Crippen LogP contribution >= 0.6 is 0 Å². The highest BCUT2D eigenvalue weighted by Crippen LogP contribution is 2.23. The summed E-state index contributed by atoms with van der Waals surface area (Å²) < 4.78 is 9.91. The number of nitrogens with zero attached hydrogens (tertiary/aromatic N) is 1. The molecule has 0 saturated carbocycles. The van der Waals surface area contributed by atoms with E-state index in [-0.39, 0.29) is 12.4 Å². The van der Waals surface area contributed by atoms with Crippen LogP contribution in [0.2, 0.25) is 0 Å². The summed E-state index contributed by atoms with van der Waals surface area (Å²) in [6, 6.07) is 9.25. The number of esters is 1. The van der Waals surface area contributed by atoms with E-state index >= 15 is 0 Å². The zero-order chi connectivity index (χ0) is 12.7. The van der Waals surface area contributed by atoms with E-state index in [1.54, 1.807) is 38.3 Å². The van der Waals surface area contributed by atoms with Gasteiger partial charge in [-0.05, 0) is 24.6 Å². The Morgan fingerprint density at radius 1 is 1.53 bits per heavy atom. The first-order valence-corrected chi connectivity index (χ1v) is 5.40. The van der Waals surface area contributed by atoms with E-state index in [0.29, 0.717) is 12.4 Å². The van der Waals surface area contributed by atoms with Crippen LogP contribution in [0.15, 0.2) is 24.3 Å². The fraction of sp³-hybridized carbons (Fsp3) is 0.385. The normalized spacial score (nSPS) is 11.4. The molecule has 90 valence electrons. The minimum atomic E-state index is -0.496. The summed E-state index contributed by atoms with van der Waals surface area (Å²) >= 11 is 0. The van der Waals surface area contributed by atoms with Gasteiger partial charge in [-0.15, -0.1) is 0 Å². The molecule has 0 aliphatic heterocycles. The molecule has 0 spiro atoms. The number of methoxy groups -OCH3 is 1. The maximum atomic E-state index is 11.3. The van der Waals surface area contributed by atoms with E-state index < -0.39 is 5.92 Å². The van der Waals surface area contributed by atoms with Gasteiger partial charge in [-0.2, -0.15) is 5.26 Å². The summed E-state index contributed by atoms with van der Waals surface area (Å²) in [4.78, 5) is 11.3. The molecule has 1 rings (SSSR count). The molecule has 0 N–H and O–H groups in total. The van der Waals surface area contributed by atoms with Crippen molar-refractivity contribution >= 4 is 5.97 Å². The van der Waals surface area contributed by atoms with E-state index in [2.05, 4.69) is 6.07 Å². The van der Waals surface area contributed by atoms with Gasteiger partial charge in [0.25, 0.3) is 0 Å². The predicted molar refractivity (Wildman–Crippen MR) is 62.6 cm³/mol. The molecule has 0 amide bonds. The number of benzene rings is 1. The lowest BCUT2D eigenvalue weighted by molar-refractivity contribution is -0.143. The average molecular weight is 233 g/mol. The van der Waals surface area contributed by atoms with Crippen LogP contribution in [0.3, 0.4) is 0 Å². The van der Waals surface area contributed by atoms with Crippen molar-refractivity contribution in [2.24, 2.45) is 0 Å². The smallest absolute Gasteiger partial charge is 0.307 e. The van der Waals surface area contributed by atoms with Gasteiger partial charge in [-0.25, -0.2) is 0 Å². The third kappa shape index (κ3) is 3.80. The van der Waals surface area contributed by atoms with Crippen LogP contribution in [0.25, 0.3) is 0 Å². The van der Waals surface area contributed by atoms with E-state index in [1.165, 1.54) is 0 Å². The Kier molecular flexibility index (Phi) is 5.02. The third-order valence-corrected chi connectivity index (χ3v) is 2.33. The fourth-order valence-corrected chi connectivity index (χ4v) is 1.48. The summed E-state index contributed by atoms with van der Waals surface area (Å²) in [5.74, 6) is -0.183. The van der Waals surface area contributed by atoms with Gasteiger partial charge in [0.2, 0.25) is 0 Å². The Morgan fingerprint density at radius 3 is 2.88 bits per heavy atom. The summed E-state index contributed by atoms with van der Waals surface area (Å²) in [7, 11) is 1.56. The molecule has 1 aromatic carbocycles. The van der Waals surface area contributed by atoms with E-state index in [4.69, 9.17) is 14.7 Å². The number of carbonyl (C=O) groups excluding carboxylic acids is 1. The molecule has 0 unspecified atom stereocenters. The molecule has 0 bridgehead atoms. The maximum Gasteiger partial charge on any atom is 0.307 e. The number of carbonyl (C=O) groups is 1. The highest BCUT2D eigenvalue weighted by Gasteiger charge is 2.16. The number of nitriles is 1. The summed E-state index contributed by atoms with van der Waals surface area (Å²) in [5.41, 5.74) is 0.764. The Balaban J connectivity index is 2.79. The molecular formula is C13H15NO3. The molecule has 0 aliphatic carbocycles. The number of ether oxygens (including phenoxy) is 2. The van der Waals surface area contributed by atoms with E-state index in [1.807, 2.05) is 0 Å².